The Labute approximate surface area is 111 Å². The van der Waals surface area contributed by atoms with E-state index >= 15 is 0 Å². The summed E-state index contributed by atoms with van der Waals surface area (Å²) in [5, 5.41) is 0. The van der Waals surface area contributed by atoms with Crippen LogP contribution in [0.3, 0.4) is 0 Å². The highest BCUT2D eigenvalue weighted by Gasteiger charge is 2.27. The van der Waals surface area contributed by atoms with Crippen LogP contribution in [0.4, 0.5) is 8.78 Å². The largest absolute Gasteiger partial charge is 0.334 e. The zero-order valence-electron chi connectivity index (χ0n) is 10.7. The quantitative estimate of drug-likeness (QED) is 0.910. The molecule has 1 aliphatic rings. The van der Waals surface area contributed by atoms with Gasteiger partial charge in [0.25, 0.3) is 0 Å². The van der Waals surface area contributed by atoms with Crippen molar-refractivity contribution in [1.29, 1.82) is 0 Å². The first-order chi connectivity index (χ1) is 9.13. The molecule has 0 heterocycles. The lowest BCUT2D eigenvalue weighted by atomic mass is 10.1. The van der Waals surface area contributed by atoms with Crippen LogP contribution in [0.2, 0.25) is 0 Å². The van der Waals surface area contributed by atoms with Gasteiger partial charge < -0.3 is 10.6 Å². The Kier molecular flexibility index (Phi) is 4.47. The zero-order valence-corrected chi connectivity index (χ0v) is 10.7. The van der Waals surface area contributed by atoms with E-state index in [1.165, 1.54) is 23.1 Å². The van der Waals surface area contributed by atoms with Crippen molar-refractivity contribution in [2.75, 3.05) is 6.54 Å². The number of hydrogen-bond donors (Lipinski definition) is 1. The van der Waals surface area contributed by atoms with Gasteiger partial charge in [-0.2, -0.15) is 0 Å². The molecular formula is C14H18F2N2O. The molecule has 0 bridgehead atoms. The minimum Gasteiger partial charge on any atom is -0.334 e. The average molecular weight is 268 g/mol. The molecule has 1 aromatic carbocycles. The normalized spacial score (nSPS) is 15.7. The van der Waals surface area contributed by atoms with E-state index in [0.29, 0.717) is 0 Å². The first kappa shape index (κ1) is 13.9. The molecule has 1 aliphatic carbocycles. The van der Waals surface area contributed by atoms with E-state index in [1.54, 1.807) is 0 Å². The Morgan fingerprint density at radius 1 is 1.26 bits per heavy atom. The number of hydrogen-bond acceptors (Lipinski definition) is 2. The average Bonchev–Trinajstić information content (AvgIpc) is 2.91. The fourth-order valence-corrected chi connectivity index (χ4v) is 2.61. The summed E-state index contributed by atoms with van der Waals surface area (Å²) in [5.74, 6) is -1.49. The first-order valence-corrected chi connectivity index (χ1v) is 6.56. The molecule has 3 nitrogen and oxygen atoms in total. The minimum atomic E-state index is -0.618. The molecule has 1 aromatic rings. The number of carbonyl (C=O) groups excluding carboxylic acids is 1. The third-order valence-electron chi connectivity index (χ3n) is 3.65. The van der Waals surface area contributed by atoms with Crippen LogP contribution in [-0.2, 0) is 11.3 Å². The van der Waals surface area contributed by atoms with Crippen LogP contribution < -0.4 is 5.73 Å². The van der Waals surface area contributed by atoms with Crippen molar-refractivity contribution < 1.29 is 13.6 Å². The predicted octanol–water partition coefficient (Wildman–Crippen LogP) is 2.19. The van der Waals surface area contributed by atoms with Crippen LogP contribution in [0.1, 0.15) is 31.2 Å². The highest BCUT2D eigenvalue weighted by atomic mass is 19.1. The van der Waals surface area contributed by atoms with Crippen LogP contribution in [-0.4, -0.2) is 23.4 Å². The lowest BCUT2D eigenvalue weighted by Gasteiger charge is -2.29. The smallest absolute Gasteiger partial charge is 0.236 e. The number of rotatable bonds is 4. The van der Waals surface area contributed by atoms with Crippen molar-refractivity contribution in [3.05, 3.63) is 35.4 Å². The summed E-state index contributed by atoms with van der Waals surface area (Å²) < 4.78 is 27.3. The predicted molar refractivity (Wildman–Crippen MR) is 68.2 cm³/mol. The van der Waals surface area contributed by atoms with Crippen molar-refractivity contribution in [2.24, 2.45) is 5.73 Å². The molecule has 0 unspecified atom stereocenters. The topological polar surface area (TPSA) is 46.3 Å². The van der Waals surface area contributed by atoms with Crippen LogP contribution in [0, 0.1) is 11.6 Å². The third-order valence-corrected chi connectivity index (χ3v) is 3.65. The molecule has 2 rings (SSSR count). The molecule has 1 fully saturated rings. The number of halogens is 2. The third kappa shape index (κ3) is 3.10. The molecule has 0 atom stereocenters. The van der Waals surface area contributed by atoms with E-state index in [1.807, 2.05) is 0 Å². The summed E-state index contributed by atoms with van der Waals surface area (Å²) in [6.45, 7) is -0.175. The molecule has 0 radical (unpaired) electrons. The summed E-state index contributed by atoms with van der Waals surface area (Å²) in [7, 11) is 0. The van der Waals surface area contributed by atoms with Crippen LogP contribution >= 0.6 is 0 Å². The van der Waals surface area contributed by atoms with Gasteiger partial charge in [0.05, 0.1) is 13.1 Å². The molecule has 0 saturated heterocycles. The van der Waals surface area contributed by atoms with Crippen molar-refractivity contribution in [3.63, 3.8) is 0 Å². The Bertz CT molecular complexity index is 439. The van der Waals surface area contributed by atoms with E-state index in [2.05, 4.69) is 0 Å². The van der Waals surface area contributed by atoms with Gasteiger partial charge in [-0.1, -0.05) is 18.9 Å². The standard InChI is InChI=1S/C14H18F2N2O/c15-12-6-3-7-13(16)11(12)9-18(14(19)8-17)10-4-1-2-5-10/h3,6-7,10H,1-2,4-5,8-9,17H2. The van der Waals surface area contributed by atoms with Crippen molar-refractivity contribution in [1.82, 2.24) is 4.90 Å². The van der Waals surface area contributed by atoms with Crippen molar-refractivity contribution in [2.45, 2.75) is 38.3 Å². The second-order valence-corrected chi connectivity index (χ2v) is 4.86. The van der Waals surface area contributed by atoms with Gasteiger partial charge in [0, 0.05) is 11.6 Å². The number of amides is 1. The fourth-order valence-electron chi connectivity index (χ4n) is 2.61. The Morgan fingerprint density at radius 3 is 2.37 bits per heavy atom. The lowest BCUT2D eigenvalue weighted by Crippen LogP contribution is -2.42. The summed E-state index contributed by atoms with van der Waals surface area (Å²) in [5.41, 5.74) is 5.33. The van der Waals surface area contributed by atoms with Gasteiger partial charge in [-0.15, -0.1) is 0 Å². The van der Waals surface area contributed by atoms with Gasteiger partial charge in [-0.3, -0.25) is 4.79 Å². The lowest BCUT2D eigenvalue weighted by molar-refractivity contribution is -0.132. The van der Waals surface area contributed by atoms with Gasteiger partial charge >= 0.3 is 0 Å². The molecule has 0 spiro atoms. The maximum atomic E-state index is 13.7. The maximum Gasteiger partial charge on any atom is 0.236 e. The second kappa shape index (κ2) is 6.10. The number of nitrogens with zero attached hydrogens (tertiary/aromatic N) is 1. The maximum absolute atomic E-state index is 13.7. The number of carbonyl (C=O) groups is 1. The van der Waals surface area contributed by atoms with Gasteiger partial charge in [0.1, 0.15) is 11.6 Å². The molecular weight excluding hydrogens is 250 g/mol. The molecule has 0 aromatic heterocycles. The Balaban J connectivity index is 2.22. The second-order valence-electron chi connectivity index (χ2n) is 4.86. The van der Waals surface area contributed by atoms with Gasteiger partial charge in [-0.05, 0) is 25.0 Å². The molecule has 19 heavy (non-hydrogen) atoms. The van der Waals surface area contributed by atoms with Crippen molar-refractivity contribution in [3.8, 4) is 0 Å². The highest BCUT2D eigenvalue weighted by molar-refractivity contribution is 5.78. The summed E-state index contributed by atoms with van der Waals surface area (Å²) in [6.07, 6.45) is 3.83. The zero-order chi connectivity index (χ0) is 13.8. The van der Waals surface area contributed by atoms with Crippen LogP contribution in [0.5, 0.6) is 0 Å². The van der Waals surface area contributed by atoms with Gasteiger partial charge in [-0.25, -0.2) is 8.78 Å². The fraction of sp³-hybridized carbons (Fsp3) is 0.500. The molecule has 5 heteroatoms. The summed E-state index contributed by atoms with van der Waals surface area (Å²) in [6, 6.07) is 3.78. The van der Waals surface area contributed by atoms with E-state index in [4.69, 9.17) is 5.73 Å². The van der Waals surface area contributed by atoms with E-state index in [-0.39, 0.29) is 30.6 Å². The molecule has 104 valence electrons. The summed E-state index contributed by atoms with van der Waals surface area (Å²) >= 11 is 0. The Hall–Kier alpha value is -1.49. The molecule has 1 saturated carbocycles. The summed E-state index contributed by atoms with van der Waals surface area (Å²) in [4.78, 5) is 13.4. The molecule has 0 aliphatic heterocycles. The van der Waals surface area contributed by atoms with E-state index in [9.17, 15) is 13.6 Å². The monoisotopic (exact) mass is 268 g/mol. The Morgan fingerprint density at radius 2 is 1.84 bits per heavy atom. The highest BCUT2D eigenvalue weighted by Crippen LogP contribution is 2.26. The molecule has 2 N–H and O–H groups in total. The van der Waals surface area contributed by atoms with E-state index < -0.39 is 11.6 Å². The SMILES string of the molecule is NCC(=O)N(Cc1c(F)cccc1F)C1CCCC1. The number of nitrogens with two attached hydrogens (primary N) is 1. The molecule has 1 amide bonds. The first-order valence-electron chi connectivity index (χ1n) is 6.56. The van der Waals surface area contributed by atoms with Crippen LogP contribution in [0.25, 0.3) is 0 Å². The minimum absolute atomic E-state index is 0.0425. The van der Waals surface area contributed by atoms with Gasteiger partial charge in [0.15, 0.2) is 0 Å². The van der Waals surface area contributed by atoms with Gasteiger partial charge in [0.2, 0.25) is 5.91 Å². The van der Waals surface area contributed by atoms with E-state index in [0.717, 1.165) is 25.7 Å². The number of benzene rings is 1. The van der Waals surface area contributed by atoms with Crippen LogP contribution in [0.15, 0.2) is 18.2 Å². The van der Waals surface area contributed by atoms with Crippen molar-refractivity contribution >= 4 is 5.91 Å².